The fourth-order valence-electron chi connectivity index (χ4n) is 2.33. The Labute approximate surface area is 124 Å². The van der Waals surface area contributed by atoms with Crippen LogP contribution in [0.4, 0.5) is 11.8 Å². The number of fused-ring (bicyclic) bond motifs is 1. The molecule has 0 atom stereocenters. The van der Waals surface area contributed by atoms with Crippen molar-refractivity contribution in [2.75, 3.05) is 23.9 Å². The Balaban J connectivity index is 2.33. The van der Waals surface area contributed by atoms with Gasteiger partial charge < -0.3 is 10.4 Å². The molecule has 0 radical (unpaired) electrons. The predicted molar refractivity (Wildman–Crippen MR) is 85.9 cm³/mol. The lowest BCUT2D eigenvalue weighted by Crippen LogP contribution is -2.32. The molecule has 0 spiro atoms. The molecule has 114 valence electrons. The van der Waals surface area contributed by atoms with Crippen LogP contribution in [-0.2, 0) is 0 Å². The average Bonchev–Trinajstić information content (AvgIpc) is 2.56. The molecule has 6 heteroatoms. The van der Waals surface area contributed by atoms with Crippen LogP contribution in [0.15, 0.2) is 24.3 Å². The van der Waals surface area contributed by atoms with Gasteiger partial charge in [0.25, 0.3) is 0 Å². The Kier molecular flexibility index (Phi) is 4.93. The summed E-state index contributed by atoms with van der Waals surface area (Å²) in [6.45, 7) is 4.98. The summed E-state index contributed by atoms with van der Waals surface area (Å²) in [7, 11) is 0. The smallest absolute Gasteiger partial charge is 0.239 e. The Morgan fingerprint density at radius 2 is 1.90 bits per heavy atom. The lowest BCUT2D eigenvalue weighted by atomic mass is 9.83. The molecule has 1 heterocycles. The lowest BCUT2D eigenvalue weighted by molar-refractivity contribution is 0.127. The first kappa shape index (κ1) is 15.5. The van der Waals surface area contributed by atoms with Crippen LogP contribution in [0.1, 0.15) is 26.7 Å². The number of para-hydroxylation sites is 1. The van der Waals surface area contributed by atoms with Gasteiger partial charge in [-0.25, -0.2) is 10.8 Å². The molecule has 2 aromatic rings. The summed E-state index contributed by atoms with van der Waals surface area (Å²) >= 11 is 0. The van der Waals surface area contributed by atoms with Crippen LogP contribution in [0, 0.1) is 5.41 Å². The van der Waals surface area contributed by atoms with Gasteiger partial charge in [-0.05, 0) is 25.0 Å². The number of nitrogens with one attached hydrogen (secondary N) is 2. The van der Waals surface area contributed by atoms with Crippen molar-refractivity contribution in [2.45, 2.75) is 26.7 Å². The Bertz CT molecular complexity index is 589. The minimum absolute atomic E-state index is 0.137. The number of hydrazine groups is 1. The molecule has 0 unspecified atom stereocenters. The van der Waals surface area contributed by atoms with E-state index >= 15 is 0 Å². The van der Waals surface area contributed by atoms with Crippen molar-refractivity contribution in [1.29, 1.82) is 0 Å². The van der Waals surface area contributed by atoms with E-state index in [9.17, 15) is 5.11 Å². The molecule has 0 aliphatic heterocycles. The van der Waals surface area contributed by atoms with Gasteiger partial charge in [0, 0.05) is 17.3 Å². The third-order valence-electron chi connectivity index (χ3n) is 4.20. The van der Waals surface area contributed by atoms with E-state index in [2.05, 4.69) is 34.6 Å². The first-order chi connectivity index (χ1) is 10.2. The van der Waals surface area contributed by atoms with Crippen LogP contribution >= 0.6 is 0 Å². The topological polar surface area (TPSA) is 96.1 Å². The van der Waals surface area contributed by atoms with Gasteiger partial charge in [-0.3, -0.25) is 5.43 Å². The van der Waals surface area contributed by atoms with Gasteiger partial charge in [0.15, 0.2) is 0 Å². The third kappa shape index (κ3) is 3.22. The number of aliphatic hydroxyl groups is 1. The van der Waals surface area contributed by atoms with Gasteiger partial charge in [-0.15, -0.1) is 0 Å². The third-order valence-corrected chi connectivity index (χ3v) is 4.20. The maximum Gasteiger partial charge on any atom is 0.239 e. The number of nitrogens with zero attached hydrogens (tertiary/aromatic N) is 2. The summed E-state index contributed by atoms with van der Waals surface area (Å²) in [4.78, 5) is 8.71. The zero-order valence-electron chi connectivity index (χ0n) is 12.6. The molecule has 6 nitrogen and oxygen atoms in total. The second-order valence-electron chi connectivity index (χ2n) is 5.28. The molecule has 0 bridgehead atoms. The number of rotatable bonds is 7. The van der Waals surface area contributed by atoms with Crippen molar-refractivity contribution in [3.63, 3.8) is 0 Å². The highest BCUT2D eigenvalue weighted by Gasteiger charge is 2.25. The molecule has 0 aliphatic carbocycles. The van der Waals surface area contributed by atoms with Crippen molar-refractivity contribution < 1.29 is 5.11 Å². The van der Waals surface area contributed by atoms with E-state index in [1.807, 2.05) is 24.3 Å². The molecule has 1 aromatic heterocycles. The molecule has 0 fully saturated rings. The molecule has 0 saturated heterocycles. The van der Waals surface area contributed by atoms with E-state index < -0.39 is 0 Å². The number of hydrogen-bond donors (Lipinski definition) is 4. The molecule has 0 aliphatic rings. The normalized spacial score (nSPS) is 11.6. The van der Waals surface area contributed by atoms with E-state index in [1.165, 1.54) is 0 Å². The highest BCUT2D eigenvalue weighted by atomic mass is 16.3. The van der Waals surface area contributed by atoms with E-state index in [4.69, 9.17) is 5.84 Å². The Morgan fingerprint density at radius 3 is 2.52 bits per heavy atom. The van der Waals surface area contributed by atoms with Gasteiger partial charge >= 0.3 is 0 Å². The van der Waals surface area contributed by atoms with Crippen LogP contribution in [0.3, 0.4) is 0 Å². The second-order valence-corrected chi connectivity index (χ2v) is 5.28. The number of aliphatic hydroxyl groups excluding tert-OH is 1. The largest absolute Gasteiger partial charge is 0.396 e. The van der Waals surface area contributed by atoms with Crippen LogP contribution in [0.5, 0.6) is 0 Å². The van der Waals surface area contributed by atoms with Crippen LogP contribution < -0.4 is 16.6 Å². The average molecular weight is 289 g/mol. The predicted octanol–water partition coefficient (Wildman–Crippen LogP) is 2.13. The molecular weight excluding hydrogens is 266 g/mol. The molecule has 2 rings (SSSR count). The fraction of sp³-hybridized carbons (Fsp3) is 0.467. The number of aromatic nitrogens is 2. The van der Waals surface area contributed by atoms with E-state index in [1.54, 1.807) is 0 Å². The number of hydrogen-bond acceptors (Lipinski definition) is 6. The number of benzene rings is 1. The summed E-state index contributed by atoms with van der Waals surface area (Å²) in [5.41, 5.74) is 3.18. The minimum Gasteiger partial charge on any atom is -0.396 e. The van der Waals surface area contributed by atoms with Gasteiger partial charge in [0.1, 0.15) is 5.82 Å². The maximum absolute atomic E-state index is 9.66. The monoisotopic (exact) mass is 289 g/mol. The number of nitrogen functional groups attached to an aromatic ring is 1. The SMILES string of the molecule is CCC(CC)(CO)CNc1nc(NN)nc2ccccc12. The Hall–Kier alpha value is -1.92. The Morgan fingerprint density at radius 1 is 1.19 bits per heavy atom. The van der Waals surface area contributed by atoms with Crippen molar-refractivity contribution >= 4 is 22.7 Å². The van der Waals surface area contributed by atoms with Gasteiger partial charge in [0.05, 0.1) is 12.1 Å². The summed E-state index contributed by atoms with van der Waals surface area (Å²) < 4.78 is 0. The molecule has 1 aromatic carbocycles. The molecular formula is C15H23N5O. The summed E-state index contributed by atoms with van der Waals surface area (Å²) in [5.74, 6) is 6.53. The van der Waals surface area contributed by atoms with Gasteiger partial charge in [-0.2, -0.15) is 4.98 Å². The van der Waals surface area contributed by atoms with Crippen LogP contribution in [0.25, 0.3) is 10.9 Å². The van der Waals surface area contributed by atoms with E-state index in [-0.39, 0.29) is 12.0 Å². The van der Waals surface area contributed by atoms with Crippen molar-refractivity contribution in [3.8, 4) is 0 Å². The zero-order chi connectivity index (χ0) is 15.3. The fourth-order valence-corrected chi connectivity index (χ4v) is 2.33. The quantitative estimate of drug-likeness (QED) is 0.460. The standard InChI is InChI=1S/C15H23N5O/c1-3-15(4-2,10-21)9-17-13-11-7-5-6-8-12(11)18-14(19-13)20-16/h5-8,21H,3-4,9-10,16H2,1-2H3,(H2,17,18,19,20). The van der Waals surface area contributed by atoms with Crippen molar-refractivity contribution in [3.05, 3.63) is 24.3 Å². The van der Waals surface area contributed by atoms with E-state index in [0.717, 1.165) is 29.6 Å². The van der Waals surface area contributed by atoms with Crippen molar-refractivity contribution in [1.82, 2.24) is 9.97 Å². The number of anilines is 2. The van der Waals surface area contributed by atoms with E-state index in [0.29, 0.717) is 12.5 Å². The minimum atomic E-state index is -0.137. The summed E-state index contributed by atoms with van der Waals surface area (Å²) in [6, 6.07) is 7.76. The highest BCUT2D eigenvalue weighted by molar-refractivity contribution is 5.89. The van der Waals surface area contributed by atoms with Crippen molar-refractivity contribution in [2.24, 2.45) is 11.3 Å². The highest BCUT2D eigenvalue weighted by Crippen LogP contribution is 2.28. The molecule has 0 amide bonds. The lowest BCUT2D eigenvalue weighted by Gasteiger charge is -2.30. The first-order valence-corrected chi connectivity index (χ1v) is 7.26. The van der Waals surface area contributed by atoms with Crippen LogP contribution in [0.2, 0.25) is 0 Å². The number of nitrogens with two attached hydrogens (primary N) is 1. The maximum atomic E-state index is 9.66. The summed E-state index contributed by atoms with van der Waals surface area (Å²) in [5, 5.41) is 14.0. The second kappa shape index (κ2) is 6.69. The molecule has 21 heavy (non-hydrogen) atoms. The summed E-state index contributed by atoms with van der Waals surface area (Å²) in [6.07, 6.45) is 1.80. The molecule has 5 N–H and O–H groups in total. The van der Waals surface area contributed by atoms with Gasteiger partial charge in [0.2, 0.25) is 5.95 Å². The molecule has 0 saturated carbocycles. The zero-order valence-corrected chi connectivity index (χ0v) is 12.6. The first-order valence-electron chi connectivity index (χ1n) is 7.26. The van der Waals surface area contributed by atoms with Gasteiger partial charge in [-0.1, -0.05) is 26.0 Å². The van der Waals surface area contributed by atoms with Crippen LogP contribution in [-0.4, -0.2) is 28.2 Å².